The van der Waals surface area contributed by atoms with Crippen LogP contribution >= 0.6 is 23.2 Å². The largest absolute Gasteiger partial charge is 0.321 e. The van der Waals surface area contributed by atoms with E-state index in [1.54, 1.807) is 6.07 Å². The molecular formula is C16H8Cl2F2N2O. The molecule has 23 heavy (non-hydrogen) atoms. The molecule has 2 aromatic rings. The van der Waals surface area contributed by atoms with Gasteiger partial charge in [0.25, 0.3) is 5.91 Å². The van der Waals surface area contributed by atoms with Crippen LogP contribution in [0.2, 0.25) is 10.0 Å². The Hall–Kier alpha value is -2.42. The predicted octanol–water partition coefficient (Wildman–Crippen LogP) is 4.82. The van der Waals surface area contributed by atoms with Crippen molar-refractivity contribution in [1.82, 2.24) is 0 Å². The second kappa shape index (κ2) is 7.23. The third-order valence-electron chi connectivity index (χ3n) is 2.74. The summed E-state index contributed by atoms with van der Waals surface area (Å²) >= 11 is 11.6. The summed E-state index contributed by atoms with van der Waals surface area (Å²) in [6.07, 6.45) is 1.14. The van der Waals surface area contributed by atoms with Gasteiger partial charge in [0.05, 0.1) is 0 Å². The molecule has 0 aliphatic carbocycles. The number of benzene rings is 2. The van der Waals surface area contributed by atoms with Gasteiger partial charge in [-0.25, -0.2) is 8.78 Å². The predicted molar refractivity (Wildman–Crippen MR) is 85.0 cm³/mol. The number of hydrogen-bond acceptors (Lipinski definition) is 2. The van der Waals surface area contributed by atoms with E-state index in [4.69, 9.17) is 28.5 Å². The maximum absolute atomic E-state index is 13.2. The van der Waals surface area contributed by atoms with Crippen LogP contribution in [-0.4, -0.2) is 5.91 Å². The van der Waals surface area contributed by atoms with Crippen molar-refractivity contribution in [2.75, 3.05) is 5.32 Å². The topological polar surface area (TPSA) is 52.9 Å². The summed E-state index contributed by atoms with van der Waals surface area (Å²) in [5.41, 5.74) is 0.200. The standard InChI is InChI=1S/C16H8Cl2F2N2O/c17-11-5-12(18)7-13(6-11)22-16(23)10(8-21)3-9-1-2-14(19)15(20)4-9/h1-7H,(H,22,23)/b10-3+. The number of nitrogens with one attached hydrogen (secondary N) is 1. The van der Waals surface area contributed by atoms with E-state index >= 15 is 0 Å². The molecule has 1 amide bonds. The molecule has 0 spiro atoms. The van der Waals surface area contributed by atoms with Gasteiger partial charge in [-0.05, 0) is 42.0 Å². The lowest BCUT2D eigenvalue weighted by atomic mass is 10.1. The summed E-state index contributed by atoms with van der Waals surface area (Å²) in [6.45, 7) is 0. The molecule has 3 nitrogen and oxygen atoms in total. The van der Waals surface area contributed by atoms with Crippen LogP contribution in [0.3, 0.4) is 0 Å². The van der Waals surface area contributed by atoms with Crippen molar-refractivity contribution >= 4 is 40.9 Å². The Kier molecular flexibility index (Phi) is 5.32. The zero-order valence-electron chi connectivity index (χ0n) is 11.4. The van der Waals surface area contributed by atoms with Crippen LogP contribution in [0, 0.1) is 23.0 Å². The molecule has 0 bridgehead atoms. The molecule has 0 aromatic heterocycles. The Morgan fingerprint density at radius 1 is 1.09 bits per heavy atom. The third kappa shape index (κ3) is 4.52. The number of halogens is 4. The SMILES string of the molecule is N#C/C(=C\c1ccc(F)c(F)c1)C(=O)Nc1cc(Cl)cc(Cl)c1. The minimum Gasteiger partial charge on any atom is -0.321 e. The fourth-order valence-corrected chi connectivity index (χ4v) is 2.27. The summed E-state index contributed by atoms with van der Waals surface area (Å²) in [5.74, 6) is -2.81. The molecule has 1 N–H and O–H groups in total. The van der Waals surface area contributed by atoms with E-state index in [-0.39, 0.29) is 11.1 Å². The minimum absolute atomic E-state index is 0.180. The molecule has 0 fully saturated rings. The number of hydrogen-bond donors (Lipinski definition) is 1. The first kappa shape index (κ1) is 16.9. The zero-order valence-corrected chi connectivity index (χ0v) is 12.9. The van der Waals surface area contributed by atoms with E-state index in [1.165, 1.54) is 24.3 Å². The molecule has 0 radical (unpaired) electrons. The van der Waals surface area contributed by atoms with Gasteiger partial charge in [0.2, 0.25) is 0 Å². The van der Waals surface area contributed by atoms with Crippen molar-refractivity contribution in [1.29, 1.82) is 5.26 Å². The van der Waals surface area contributed by atoms with E-state index in [2.05, 4.69) is 5.32 Å². The molecular weight excluding hydrogens is 345 g/mol. The van der Waals surface area contributed by atoms with E-state index < -0.39 is 17.5 Å². The van der Waals surface area contributed by atoms with Gasteiger partial charge >= 0.3 is 0 Å². The normalized spacial score (nSPS) is 11.0. The highest BCUT2D eigenvalue weighted by atomic mass is 35.5. The number of nitriles is 1. The molecule has 116 valence electrons. The highest BCUT2D eigenvalue weighted by Crippen LogP contribution is 2.23. The van der Waals surface area contributed by atoms with E-state index in [9.17, 15) is 13.6 Å². The first-order valence-corrected chi connectivity index (χ1v) is 6.99. The first-order chi connectivity index (χ1) is 10.9. The minimum atomic E-state index is -1.07. The number of rotatable bonds is 3. The van der Waals surface area contributed by atoms with Crippen LogP contribution in [0.25, 0.3) is 6.08 Å². The van der Waals surface area contributed by atoms with E-state index in [0.29, 0.717) is 15.7 Å². The zero-order chi connectivity index (χ0) is 17.0. The Labute approximate surface area is 140 Å². The molecule has 0 aliphatic heterocycles. The van der Waals surface area contributed by atoms with Gasteiger partial charge < -0.3 is 5.32 Å². The fourth-order valence-electron chi connectivity index (χ4n) is 1.74. The van der Waals surface area contributed by atoms with Gasteiger partial charge in [-0.2, -0.15) is 5.26 Å². The Morgan fingerprint density at radius 2 is 1.74 bits per heavy atom. The summed E-state index contributed by atoms with van der Waals surface area (Å²) in [7, 11) is 0. The van der Waals surface area contributed by atoms with Crippen molar-refractivity contribution in [3.63, 3.8) is 0 Å². The number of carbonyl (C=O) groups is 1. The summed E-state index contributed by atoms with van der Waals surface area (Å²) in [5, 5.41) is 12.2. The maximum atomic E-state index is 13.2. The first-order valence-electron chi connectivity index (χ1n) is 6.23. The van der Waals surface area contributed by atoms with Crippen LogP contribution in [0.1, 0.15) is 5.56 Å². The highest BCUT2D eigenvalue weighted by Gasteiger charge is 2.11. The van der Waals surface area contributed by atoms with Crippen LogP contribution in [0.5, 0.6) is 0 Å². The van der Waals surface area contributed by atoms with Crippen molar-refractivity contribution in [3.8, 4) is 6.07 Å². The molecule has 2 aromatic carbocycles. The second-order valence-electron chi connectivity index (χ2n) is 4.46. The lowest BCUT2D eigenvalue weighted by Gasteiger charge is -2.06. The fraction of sp³-hybridized carbons (Fsp3) is 0. The molecule has 0 atom stereocenters. The Bertz CT molecular complexity index is 824. The van der Waals surface area contributed by atoms with E-state index in [0.717, 1.165) is 18.2 Å². The van der Waals surface area contributed by atoms with Gasteiger partial charge in [0.1, 0.15) is 11.6 Å². The molecule has 7 heteroatoms. The molecule has 0 heterocycles. The lowest BCUT2D eigenvalue weighted by molar-refractivity contribution is -0.112. The van der Waals surface area contributed by atoms with Crippen molar-refractivity contribution in [2.24, 2.45) is 0 Å². The van der Waals surface area contributed by atoms with Crippen LogP contribution in [-0.2, 0) is 4.79 Å². The summed E-state index contributed by atoms with van der Waals surface area (Å²) < 4.78 is 26.0. The van der Waals surface area contributed by atoms with Gasteiger partial charge in [0, 0.05) is 15.7 Å². The highest BCUT2D eigenvalue weighted by molar-refractivity contribution is 6.35. The third-order valence-corrected chi connectivity index (χ3v) is 3.18. The molecule has 0 aliphatic rings. The Morgan fingerprint density at radius 3 is 2.30 bits per heavy atom. The smallest absolute Gasteiger partial charge is 0.266 e. The monoisotopic (exact) mass is 352 g/mol. The van der Waals surface area contributed by atoms with Crippen molar-refractivity contribution in [3.05, 3.63) is 69.2 Å². The second-order valence-corrected chi connectivity index (χ2v) is 5.33. The van der Waals surface area contributed by atoms with Gasteiger partial charge in [-0.3, -0.25) is 4.79 Å². The van der Waals surface area contributed by atoms with Gasteiger partial charge in [-0.15, -0.1) is 0 Å². The summed E-state index contributed by atoms with van der Waals surface area (Å²) in [6, 6.07) is 9.14. The number of nitrogens with zero attached hydrogens (tertiary/aromatic N) is 1. The van der Waals surface area contributed by atoms with Crippen molar-refractivity contribution < 1.29 is 13.6 Å². The molecule has 2 rings (SSSR count). The number of carbonyl (C=O) groups excluding carboxylic acids is 1. The van der Waals surface area contributed by atoms with Crippen LogP contribution in [0.4, 0.5) is 14.5 Å². The average Bonchev–Trinajstić information content (AvgIpc) is 2.47. The molecule has 0 unspecified atom stereocenters. The quantitative estimate of drug-likeness (QED) is 0.636. The van der Waals surface area contributed by atoms with Gasteiger partial charge in [-0.1, -0.05) is 29.3 Å². The molecule has 0 saturated heterocycles. The van der Waals surface area contributed by atoms with Gasteiger partial charge in [0.15, 0.2) is 11.6 Å². The Balaban J connectivity index is 2.26. The molecule has 0 saturated carbocycles. The maximum Gasteiger partial charge on any atom is 0.266 e. The lowest BCUT2D eigenvalue weighted by Crippen LogP contribution is -2.13. The number of amides is 1. The average molecular weight is 353 g/mol. The summed E-state index contributed by atoms with van der Waals surface area (Å²) in [4.78, 5) is 12.1. The number of anilines is 1. The van der Waals surface area contributed by atoms with Crippen molar-refractivity contribution in [2.45, 2.75) is 0 Å². The van der Waals surface area contributed by atoms with Crippen LogP contribution in [0.15, 0.2) is 42.0 Å². The van der Waals surface area contributed by atoms with Crippen LogP contribution < -0.4 is 5.32 Å². The van der Waals surface area contributed by atoms with E-state index in [1.807, 2.05) is 0 Å².